The maximum Gasteiger partial charge on any atom is 0.181 e. The average molecular weight is 561 g/mol. The second-order valence-electron chi connectivity index (χ2n) is 10.8. The Balaban J connectivity index is 1.54. The summed E-state index contributed by atoms with van der Waals surface area (Å²) in [5.74, 6) is 0.194. The number of aromatic nitrogens is 5. The Kier molecular flexibility index (Phi) is 8.46. The molecule has 0 radical (unpaired) electrons. The summed E-state index contributed by atoms with van der Waals surface area (Å²) in [6.07, 6.45) is 4.25. The SMILES string of the molecule is Cc1nc2nn(CCCC#N)cc2cc1-n1nc(-c2cccc(N)c2C=NC[C@H](O)c2ccccc2)c(C(C)C)c1C. The summed E-state index contributed by atoms with van der Waals surface area (Å²) in [4.78, 5) is 9.37. The molecule has 3 aromatic heterocycles. The van der Waals surface area contributed by atoms with Crippen molar-refractivity contribution in [3.63, 3.8) is 0 Å². The van der Waals surface area contributed by atoms with E-state index in [0.717, 1.165) is 56.8 Å². The molecule has 5 rings (SSSR count). The van der Waals surface area contributed by atoms with Gasteiger partial charge in [0.15, 0.2) is 5.65 Å². The van der Waals surface area contributed by atoms with Crippen LogP contribution < -0.4 is 5.73 Å². The number of anilines is 1. The number of nitriles is 1. The molecule has 2 aromatic carbocycles. The largest absolute Gasteiger partial charge is 0.398 e. The molecule has 0 saturated heterocycles. The lowest BCUT2D eigenvalue weighted by Gasteiger charge is -2.12. The van der Waals surface area contributed by atoms with Gasteiger partial charge in [-0.05, 0) is 43.9 Å². The number of nitrogens with zero attached hydrogens (tertiary/aromatic N) is 7. The van der Waals surface area contributed by atoms with E-state index >= 15 is 0 Å². The first-order valence-corrected chi connectivity index (χ1v) is 14.2. The summed E-state index contributed by atoms with van der Waals surface area (Å²) < 4.78 is 3.81. The normalized spacial score (nSPS) is 12.4. The van der Waals surface area contributed by atoms with E-state index in [-0.39, 0.29) is 12.5 Å². The van der Waals surface area contributed by atoms with E-state index < -0.39 is 6.10 Å². The predicted molar refractivity (Wildman–Crippen MR) is 167 cm³/mol. The first-order chi connectivity index (χ1) is 20.3. The molecule has 1 atom stereocenters. The molecule has 3 N–H and O–H groups in total. The van der Waals surface area contributed by atoms with Crippen LogP contribution in [0.1, 0.15) is 66.8 Å². The lowest BCUT2D eigenvalue weighted by Crippen LogP contribution is -2.04. The van der Waals surface area contributed by atoms with Crippen LogP contribution in [0.2, 0.25) is 0 Å². The molecule has 0 aliphatic carbocycles. The van der Waals surface area contributed by atoms with Gasteiger partial charge in [0.25, 0.3) is 0 Å². The first-order valence-electron chi connectivity index (χ1n) is 14.2. The van der Waals surface area contributed by atoms with E-state index in [1.165, 1.54) is 0 Å². The number of nitrogens with two attached hydrogens (primary N) is 1. The maximum atomic E-state index is 10.6. The van der Waals surface area contributed by atoms with Gasteiger partial charge in [0, 0.05) is 58.8 Å². The first kappa shape index (κ1) is 28.7. The fourth-order valence-corrected chi connectivity index (χ4v) is 5.33. The number of aliphatic hydroxyl groups excluding tert-OH is 1. The molecular weight excluding hydrogens is 524 g/mol. The summed E-state index contributed by atoms with van der Waals surface area (Å²) in [7, 11) is 0. The summed E-state index contributed by atoms with van der Waals surface area (Å²) in [5, 5.41) is 30.1. The zero-order valence-electron chi connectivity index (χ0n) is 24.5. The fraction of sp³-hybridized carbons (Fsp3) is 0.303. The third-order valence-electron chi connectivity index (χ3n) is 7.43. The quantitative estimate of drug-likeness (QED) is 0.121. The van der Waals surface area contributed by atoms with Gasteiger partial charge in [-0.1, -0.05) is 56.3 Å². The Morgan fingerprint density at radius 2 is 1.88 bits per heavy atom. The molecule has 0 amide bonds. The molecule has 9 heteroatoms. The topological polar surface area (TPSA) is 131 Å². The lowest BCUT2D eigenvalue weighted by atomic mass is 9.94. The predicted octanol–water partition coefficient (Wildman–Crippen LogP) is 6.06. The number of hydrogen-bond donors (Lipinski definition) is 2. The third kappa shape index (κ3) is 5.80. The molecule has 0 bridgehead atoms. The minimum absolute atomic E-state index is 0.194. The molecule has 42 heavy (non-hydrogen) atoms. The summed E-state index contributed by atoms with van der Waals surface area (Å²) in [5.41, 5.74) is 14.9. The Bertz CT molecular complexity index is 1780. The van der Waals surface area contributed by atoms with Crippen LogP contribution in [0.3, 0.4) is 0 Å². The van der Waals surface area contributed by atoms with Gasteiger partial charge in [-0.2, -0.15) is 15.5 Å². The van der Waals surface area contributed by atoms with Crippen LogP contribution in [-0.2, 0) is 6.54 Å². The average Bonchev–Trinajstić information content (AvgIpc) is 3.53. The van der Waals surface area contributed by atoms with Crippen molar-refractivity contribution in [2.75, 3.05) is 12.3 Å². The molecule has 5 aromatic rings. The van der Waals surface area contributed by atoms with Crippen molar-refractivity contribution >= 4 is 22.9 Å². The molecule has 0 fully saturated rings. The van der Waals surface area contributed by atoms with E-state index in [9.17, 15) is 5.11 Å². The van der Waals surface area contributed by atoms with Crippen molar-refractivity contribution in [1.82, 2.24) is 24.5 Å². The highest BCUT2D eigenvalue weighted by atomic mass is 16.3. The number of fused-ring (bicyclic) bond motifs is 1. The second-order valence-corrected chi connectivity index (χ2v) is 10.8. The third-order valence-corrected chi connectivity index (χ3v) is 7.43. The number of pyridine rings is 1. The maximum absolute atomic E-state index is 10.6. The Labute approximate surface area is 246 Å². The van der Waals surface area contributed by atoms with Gasteiger partial charge in [-0.25, -0.2) is 9.67 Å². The van der Waals surface area contributed by atoms with Crippen LogP contribution in [0.25, 0.3) is 28.0 Å². The minimum atomic E-state index is -0.704. The van der Waals surface area contributed by atoms with Crippen LogP contribution in [0.4, 0.5) is 5.69 Å². The Morgan fingerprint density at radius 3 is 2.62 bits per heavy atom. The summed E-state index contributed by atoms with van der Waals surface area (Å²) >= 11 is 0. The molecular formula is C33H36N8O. The number of aryl methyl sites for hydroxylation is 2. The van der Waals surface area contributed by atoms with E-state index in [2.05, 4.69) is 43.0 Å². The van der Waals surface area contributed by atoms with Crippen molar-refractivity contribution in [3.05, 3.63) is 88.9 Å². The van der Waals surface area contributed by atoms with Gasteiger partial charge >= 0.3 is 0 Å². The summed E-state index contributed by atoms with van der Waals surface area (Å²) in [6.45, 7) is 9.26. The monoisotopic (exact) mass is 560 g/mol. The number of aliphatic imine (C=N–C) groups is 1. The zero-order valence-corrected chi connectivity index (χ0v) is 24.5. The molecule has 0 unspecified atom stereocenters. The van der Waals surface area contributed by atoms with Crippen LogP contribution in [0.5, 0.6) is 0 Å². The standard InChI is InChI=1S/C33H36N8O/c1-21(2)31-23(4)41(29-17-25-20-40(16-9-8-15-34)39-33(25)37-22(29)3)38-32(31)26-13-10-14-28(35)27(26)18-36-19-30(42)24-11-6-5-7-12-24/h5-7,10-14,17-18,20-21,30,42H,8-9,16,19,35H2,1-4H3/t30-/m0/s1. The van der Waals surface area contributed by atoms with Crippen molar-refractivity contribution in [2.24, 2.45) is 4.99 Å². The fourth-order valence-electron chi connectivity index (χ4n) is 5.33. The van der Waals surface area contributed by atoms with Crippen LogP contribution in [0, 0.1) is 25.2 Å². The van der Waals surface area contributed by atoms with Crippen molar-refractivity contribution in [3.8, 4) is 23.0 Å². The highest BCUT2D eigenvalue weighted by Crippen LogP contribution is 2.36. The van der Waals surface area contributed by atoms with Crippen LogP contribution in [0.15, 0.2) is 65.8 Å². The molecule has 0 aliphatic heterocycles. The molecule has 0 spiro atoms. The Hall–Kier alpha value is -4.81. The van der Waals surface area contributed by atoms with Crippen LogP contribution >= 0.6 is 0 Å². The number of benzene rings is 2. The van der Waals surface area contributed by atoms with Gasteiger partial charge in [0.05, 0.1) is 35.8 Å². The smallest absolute Gasteiger partial charge is 0.181 e. The number of unbranched alkanes of at least 4 members (excludes halogenated alkanes) is 1. The molecule has 214 valence electrons. The summed E-state index contributed by atoms with van der Waals surface area (Å²) in [6, 6.07) is 19.6. The van der Waals surface area contributed by atoms with Gasteiger partial charge in [0.2, 0.25) is 0 Å². The Morgan fingerprint density at radius 1 is 1.10 bits per heavy atom. The highest BCUT2D eigenvalue weighted by molar-refractivity contribution is 5.96. The number of hydrogen-bond acceptors (Lipinski definition) is 7. The number of nitrogen functional groups attached to an aromatic ring is 1. The minimum Gasteiger partial charge on any atom is -0.398 e. The van der Waals surface area contributed by atoms with Gasteiger partial charge in [-0.3, -0.25) is 9.67 Å². The van der Waals surface area contributed by atoms with Gasteiger partial charge < -0.3 is 10.8 Å². The van der Waals surface area contributed by atoms with E-state index in [4.69, 9.17) is 21.1 Å². The van der Waals surface area contributed by atoms with Crippen LogP contribution in [-0.4, -0.2) is 42.4 Å². The van der Waals surface area contributed by atoms with Crippen molar-refractivity contribution < 1.29 is 5.11 Å². The van der Waals surface area contributed by atoms with Crippen molar-refractivity contribution in [1.29, 1.82) is 5.26 Å². The number of rotatable bonds is 10. The van der Waals surface area contributed by atoms with Gasteiger partial charge in [-0.15, -0.1) is 0 Å². The number of aliphatic hydroxyl groups is 1. The van der Waals surface area contributed by atoms with E-state index in [1.807, 2.05) is 71.0 Å². The lowest BCUT2D eigenvalue weighted by molar-refractivity contribution is 0.187. The highest BCUT2D eigenvalue weighted by Gasteiger charge is 2.23. The molecule has 9 nitrogen and oxygen atoms in total. The second kappa shape index (κ2) is 12.4. The van der Waals surface area contributed by atoms with E-state index in [1.54, 1.807) is 6.21 Å². The van der Waals surface area contributed by atoms with E-state index in [0.29, 0.717) is 24.3 Å². The molecule has 0 saturated carbocycles. The van der Waals surface area contributed by atoms with Crippen molar-refractivity contribution in [2.45, 2.75) is 59.1 Å². The molecule has 3 heterocycles. The molecule has 0 aliphatic rings. The van der Waals surface area contributed by atoms with Gasteiger partial charge in [0.1, 0.15) is 0 Å². The zero-order chi connectivity index (χ0) is 29.8.